The molecule has 0 aliphatic rings. The van der Waals surface area contributed by atoms with E-state index in [1.54, 1.807) is 0 Å². The molecular formula is C17H30N2O2. The molecule has 0 aromatic heterocycles. The van der Waals surface area contributed by atoms with Crippen molar-refractivity contribution in [1.29, 1.82) is 0 Å². The Morgan fingerprint density at radius 2 is 1.95 bits per heavy atom. The second-order valence-corrected chi connectivity index (χ2v) is 5.44. The van der Waals surface area contributed by atoms with Crippen LogP contribution in [0, 0.1) is 0 Å². The van der Waals surface area contributed by atoms with Crippen molar-refractivity contribution in [3.63, 3.8) is 0 Å². The lowest BCUT2D eigenvalue weighted by Crippen LogP contribution is -2.18. The van der Waals surface area contributed by atoms with Gasteiger partial charge in [0.1, 0.15) is 5.75 Å². The standard InChI is InChI=1S/C17H30N2O2/c1-4-20-12-6-11-19-10-5-7-15-8-9-17(16(18)13-15)21-14(2)3/h8-9,13-14,19H,4-7,10-12,18H2,1-3H3. The molecule has 1 aromatic rings. The number of hydrogen-bond acceptors (Lipinski definition) is 4. The monoisotopic (exact) mass is 294 g/mol. The van der Waals surface area contributed by atoms with Gasteiger partial charge in [-0.2, -0.15) is 0 Å². The zero-order chi connectivity index (χ0) is 15.5. The Hall–Kier alpha value is -1.26. The molecule has 0 radical (unpaired) electrons. The molecule has 0 spiro atoms. The number of aryl methyl sites for hydroxylation is 1. The third kappa shape index (κ3) is 7.93. The average molecular weight is 294 g/mol. The maximum Gasteiger partial charge on any atom is 0.142 e. The maximum absolute atomic E-state index is 6.01. The molecule has 4 nitrogen and oxygen atoms in total. The van der Waals surface area contributed by atoms with Gasteiger partial charge < -0.3 is 20.5 Å². The summed E-state index contributed by atoms with van der Waals surface area (Å²) in [5, 5.41) is 3.43. The van der Waals surface area contributed by atoms with Gasteiger partial charge in [-0.25, -0.2) is 0 Å². The Labute approximate surface area is 129 Å². The van der Waals surface area contributed by atoms with Gasteiger partial charge in [0, 0.05) is 13.2 Å². The Balaban J connectivity index is 2.19. The SMILES string of the molecule is CCOCCCNCCCc1ccc(OC(C)C)c(N)c1. The van der Waals surface area contributed by atoms with E-state index in [4.69, 9.17) is 15.2 Å². The van der Waals surface area contributed by atoms with Gasteiger partial charge in [-0.15, -0.1) is 0 Å². The lowest BCUT2D eigenvalue weighted by molar-refractivity contribution is 0.145. The van der Waals surface area contributed by atoms with Crippen molar-refractivity contribution in [1.82, 2.24) is 5.32 Å². The van der Waals surface area contributed by atoms with Crippen molar-refractivity contribution in [2.24, 2.45) is 0 Å². The Morgan fingerprint density at radius 3 is 2.62 bits per heavy atom. The van der Waals surface area contributed by atoms with Crippen LogP contribution in [-0.4, -0.2) is 32.4 Å². The van der Waals surface area contributed by atoms with E-state index < -0.39 is 0 Å². The third-order valence-electron chi connectivity index (χ3n) is 3.10. The molecule has 0 aliphatic carbocycles. The van der Waals surface area contributed by atoms with Gasteiger partial charge in [0.05, 0.1) is 11.8 Å². The maximum atomic E-state index is 6.01. The van der Waals surface area contributed by atoms with Gasteiger partial charge in [-0.1, -0.05) is 6.07 Å². The predicted octanol–water partition coefficient (Wildman–Crippen LogP) is 3.00. The van der Waals surface area contributed by atoms with E-state index in [0.717, 1.165) is 57.0 Å². The van der Waals surface area contributed by atoms with E-state index in [0.29, 0.717) is 0 Å². The summed E-state index contributed by atoms with van der Waals surface area (Å²) in [6.45, 7) is 9.72. The lowest BCUT2D eigenvalue weighted by atomic mass is 10.1. The van der Waals surface area contributed by atoms with Crippen molar-refractivity contribution in [3.05, 3.63) is 23.8 Å². The fourth-order valence-corrected chi connectivity index (χ4v) is 2.10. The van der Waals surface area contributed by atoms with E-state index in [9.17, 15) is 0 Å². The zero-order valence-electron chi connectivity index (χ0n) is 13.7. The highest BCUT2D eigenvalue weighted by Crippen LogP contribution is 2.24. The van der Waals surface area contributed by atoms with Gasteiger partial charge in [0.2, 0.25) is 0 Å². The minimum Gasteiger partial charge on any atom is -0.489 e. The van der Waals surface area contributed by atoms with E-state index in [2.05, 4.69) is 11.4 Å². The minimum absolute atomic E-state index is 0.152. The molecule has 0 unspecified atom stereocenters. The summed E-state index contributed by atoms with van der Waals surface area (Å²) in [6, 6.07) is 6.09. The van der Waals surface area contributed by atoms with E-state index in [1.807, 2.05) is 32.9 Å². The van der Waals surface area contributed by atoms with Crippen LogP contribution in [0.2, 0.25) is 0 Å². The summed E-state index contributed by atoms with van der Waals surface area (Å²) in [6.07, 6.45) is 3.37. The van der Waals surface area contributed by atoms with Crippen molar-refractivity contribution >= 4 is 5.69 Å². The van der Waals surface area contributed by atoms with Crippen LogP contribution in [0.5, 0.6) is 5.75 Å². The summed E-state index contributed by atoms with van der Waals surface area (Å²) in [7, 11) is 0. The van der Waals surface area contributed by atoms with Crippen LogP contribution in [0.4, 0.5) is 5.69 Å². The summed E-state index contributed by atoms with van der Waals surface area (Å²) in [5.41, 5.74) is 8.00. The summed E-state index contributed by atoms with van der Waals surface area (Å²) < 4.78 is 10.9. The molecule has 0 aliphatic heterocycles. The number of nitrogen functional groups attached to an aromatic ring is 1. The molecule has 0 amide bonds. The number of benzene rings is 1. The van der Waals surface area contributed by atoms with E-state index in [1.165, 1.54) is 5.56 Å². The molecular weight excluding hydrogens is 264 g/mol. The predicted molar refractivity (Wildman–Crippen MR) is 88.9 cm³/mol. The molecule has 21 heavy (non-hydrogen) atoms. The molecule has 1 rings (SSSR count). The second-order valence-electron chi connectivity index (χ2n) is 5.44. The normalized spacial score (nSPS) is 11.0. The minimum atomic E-state index is 0.152. The highest BCUT2D eigenvalue weighted by molar-refractivity contribution is 5.54. The fourth-order valence-electron chi connectivity index (χ4n) is 2.10. The molecule has 0 saturated heterocycles. The van der Waals surface area contributed by atoms with Gasteiger partial charge >= 0.3 is 0 Å². The smallest absolute Gasteiger partial charge is 0.142 e. The van der Waals surface area contributed by atoms with Crippen LogP contribution in [0.1, 0.15) is 39.2 Å². The molecule has 3 N–H and O–H groups in total. The van der Waals surface area contributed by atoms with Gasteiger partial charge in [0.15, 0.2) is 0 Å². The molecule has 120 valence electrons. The van der Waals surface area contributed by atoms with Crippen LogP contribution >= 0.6 is 0 Å². The first-order valence-corrected chi connectivity index (χ1v) is 7.97. The number of rotatable bonds is 11. The molecule has 0 bridgehead atoms. The number of ether oxygens (including phenoxy) is 2. The molecule has 0 heterocycles. The molecule has 4 heteroatoms. The van der Waals surface area contributed by atoms with Crippen molar-refractivity contribution in [2.45, 2.75) is 46.1 Å². The zero-order valence-corrected chi connectivity index (χ0v) is 13.7. The first-order valence-electron chi connectivity index (χ1n) is 7.97. The van der Waals surface area contributed by atoms with Crippen LogP contribution in [0.25, 0.3) is 0 Å². The first kappa shape index (κ1) is 17.8. The number of hydrogen-bond donors (Lipinski definition) is 2. The highest BCUT2D eigenvalue weighted by atomic mass is 16.5. The number of nitrogens with two attached hydrogens (primary N) is 1. The number of anilines is 1. The van der Waals surface area contributed by atoms with Crippen molar-refractivity contribution in [3.8, 4) is 5.75 Å². The lowest BCUT2D eigenvalue weighted by Gasteiger charge is -2.13. The van der Waals surface area contributed by atoms with E-state index >= 15 is 0 Å². The van der Waals surface area contributed by atoms with Crippen LogP contribution < -0.4 is 15.8 Å². The van der Waals surface area contributed by atoms with Gasteiger partial charge in [-0.3, -0.25) is 0 Å². The van der Waals surface area contributed by atoms with Gasteiger partial charge in [-0.05, 0) is 70.8 Å². The van der Waals surface area contributed by atoms with Crippen molar-refractivity contribution < 1.29 is 9.47 Å². The van der Waals surface area contributed by atoms with Gasteiger partial charge in [0.25, 0.3) is 0 Å². The Morgan fingerprint density at radius 1 is 1.19 bits per heavy atom. The summed E-state index contributed by atoms with van der Waals surface area (Å²) in [4.78, 5) is 0. The average Bonchev–Trinajstić information content (AvgIpc) is 2.44. The summed E-state index contributed by atoms with van der Waals surface area (Å²) in [5.74, 6) is 0.780. The first-order chi connectivity index (χ1) is 10.1. The largest absolute Gasteiger partial charge is 0.489 e. The number of nitrogens with one attached hydrogen (secondary N) is 1. The Bertz CT molecular complexity index is 394. The highest BCUT2D eigenvalue weighted by Gasteiger charge is 2.04. The molecule has 0 fully saturated rings. The molecule has 0 atom stereocenters. The molecule has 0 saturated carbocycles. The quantitative estimate of drug-likeness (QED) is 0.486. The van der Waals surface area contributed by atoms with E-state index in [-0.39, 0.29) is 6.10 Å². The van der Waals surface area contributed by atoms with Crippen LogP contribution in [0.15, 0.2) is 18.2 Å². The fraction of sp³-hybridized carbons (Fsp3) is 0.647. The molecule has 1 aromatic carbocycles. The van der Waals surface area contributed by atoms with Crippen LogP contribution in [0.3, 0.4) is 0 Å². The third-order valence-corrected chi connectivity index (χ3v) is 3.10. The van der Waals surface area contributed by atoms with Crippen molar-refractivity contribution in [2.75, 3.05) is 32.0 Å². The Kier molecular flexibility index (Phi) is 8.87. The van der Waals surface area contributed by atoms with Crippen LogP contribution in [-0.2, 0) is 11.2 Å². The topological polar surface area (TPSA) is 56.5 Å². The second kappa shape index (κ2) is 10.5. The summed E-state index contributed by atoms with van der Waals surface area (Å²) >= 11 is 0.